The van der Waals surface area contributed by atoms with Gasteiger partial charge in [0.25, 0.3) is 0 Å². The van der Waals surface area contributed by atoms with E-state index in [4.69, 9.17) is 16.3 Å². The number of nitrogens with zero attached hydrogens (tertiary/aromatic N) is 2. The van der Waals surface area contributed by atoms with Crippen molar-refractivity contribution in [2.24, 2.45) is 11.3 Å². The zero-order chi connectivity index (χ0) is 20.3. The molecular formula is C23H26ClN3O2. The van der Waals surface area contributed by atoms with Crippen molar-refractivity contribution in [2.75, 3.05) is 7.11 Å². The maximum absolute atomic E-state index is 13.4. The van der Waals surface area contributed by atoms with Gasteiger partial charge in [0.1, 0.15) is 5.75 Å². The van der Waals surface area contributed by atoms with Crippen molar-refractivity contribution in [1.82, 2.24) is 9.88 Å². The Bertz CT molecular complexity index is 1010. The molecule has 2 saturated carbocycles. The van der Waals surface area contributed by atoms with E-state index in [2.05, 4.69) is 22.9 Å². The highest BCUT2D eigenvalue weighted by Gasteiger charge is 2.55. The molecule has 4 bridgehead atoms. The first-order valence-electron chi connectivity index (χ1n) is 10.5. The van der Waals surface area contributed by atoms with E-state index in [1.807, 2.05) is 18.3 Å². The molecule has 152 valence electrons. The van der Waals surface area contributed by atoms with Gasteiger partial charge in [-0.05, 0) is 61.6 Å². The number of nitrogens with one attached hydrogen (secondary N) is 1. The predicted molar refractivity (Wildman–Crippen MR) is 112 cm³/mol. The van der Waals surface area contributed by atoms with E-state index in [1.54, 1.807) is 7.11 Å². The molecule has 3 atom stereocenters. The normalized spacial score (nSPS) is 31.1. The fraction of sp³-hybridized carbons (Fsp3) is 0.565. The lowest BCUT2D eigenvalue weighted by molar-refractivity contribution is -0.153. The molecule has 3 unspecified atom stereocenters. The Kier molecular flexibility index (Phi) is 4.33. The fourth-order valence-electron chi connectivity index (χ4n) is 6.38. The van der Waals surface area contributed by atoms with Crippen LogP contribution in [0.25, 0.3) is 10.9 Å². The van der Waals surface area contributed by atoms with E-state index >= 15 is 0 Å². The van der Waals surface area contributed by atoms with Gasteiger partial charge in [0, 0.05) is 35.6 Å². The standard InChI is InChI=1S/C23H26ClN3O2/c1-13(17-11-26-18-3-4-19(29-2)22(24)21(17)18)5-20(28)27-15-6-14-7-16(27)10-23(8-14,9-15)12-25/h3-4,11,13-16,26H,5-10H2,1-2H3. The maximum atomic E-state index is 13.4. The van der Waals surface area contributed by atoms with Crippen LogP contribution in [0.15, 0.2) is 18.3 Å². The number of nitriles is 1. The Morgan fingerprint density at radius 3 is 2.76 bits per heavy atom. The average molecular weight is 412 g/mol. The number of benzene rings is 1. The summed E-state index contributed by atoms with van der Waals surface area (Å²) in [6.07, 6.45) is 7.29. The van der Waals surface area contributed by atoms with Crippen molar-refractivity contribution in [3.63, 3.8) is 0 Å². The number of rotatable bonds is 4. The summed E-state index contributed by atoms with van der Waals surface area (Å²) in [5.74, 6) is 1.52. The second-order valence-electron chi connectivity index (χ2n) is 9.30. The summed E-state index contributed by atoms with van der Waals surface area (Å²) in [5, 5.41) is 11.2. The monoisotopic (exact) mass is 411 g/mol. The first-order valence-corrected chi connectivity index (χ1v) is 10.9. The SMILES string of the molecule is COc1ccc2[nH]cc(C(C)CC(=O)N3C4CC5CC3CC(C#N)(C5)C4)c2c1Cl. The number of aromatic amines is 1. The summed E-state index contributed by atoms with van der Waals surface area (Å²) in [4.78, 5) is 18.8. The van der Waals surface area contributed by atoms with E-state index < -0.39 is 0 Å². The van der Waals surface area contributed by atoms with Crippen molar-refractivity contribution in [3.8, 4) is 11.8 Å². The van der Waals surface area contributed by atoms with Crippen molar-refractivity contribution in [1.29, 1.82) is 5.26 Å². The summed E-state index contributed by atoms with van der Waals surface area (Å²) in [6.45, 7) is 2.09. The minimum absolute atomic E-state index is 0.0444. The number of halogens is 1. The van der Waals surface area contributed by atoms with E-state index in [0.717, 1.165) is 48.6 Å². The van der Waals surface area contributed by atoms with Gasteiger partial charge in [-0.15, -0.1) is 0 Å². The maximum Gasteiger partial charge on any atom is 0.223 e. The zero-order valence-electron chi connectivity index (χ0n) is 16.9. The molecule has 0 spiro atoms. The third-order valence-corrected chi connectivity index (χ3v) is 7.84. The topological polar surface area (TPSA) is 69.1 Å². The second-order valence-corrected chi connectivity index (χ2v) is 9.68. The van der Waals surface area contributed by atoms with Crippen LogP contribution < -0.4 is 4.74 Å². The molecule has 2 aliphatic carbocycles. The first kappa shape index (κ1) is 18.8. The van der Waals surface area contributed by atoms with Crippen LogP contribution in [0.1, 0.15) is 56.9 Å². The van der Waals surface area contributed by atoms with E-state index in [9.17, 15) is 10.1 Å². The van der Waals surface area contributed by atoms with Crippen LogP contribution in [-0.2, 0) is 4.79 Å². The van der Waals surface area contributed by atoms with Gasteiger partial charge in [0.15, 0.2) is 0 Å². The highest BCUT2D eigenvalue weighted by molar-refractivity contribution is 6.37. The van der Waals surface area contributed by atoms with E-state index in [-0.39, 0.29) is 29.3 Å². The zero-order valence-corrected chi connectivity index (χ0v) is 17.6. The minimum Gasteiger partial charge on any atom is -0.495 e. The highest BCUT2D eigenvalue weighted by atomic mass is 35.5. The van der Waals surface area contributed by atoms with Crippen LogP contribution in [0.5, 0.6) is 5.75 Å². The largest absolute Gasteiger partial charge is 0.495 e. The fourth-order valence-corrected chi connectivity index (χ4v) is 6.73. The number of amides is 1. The molecule has 2 saturated heterocycles. The van der Waals surface area contributed by atoms with Gasteiger partial charge in [-0.1, -0.05) is 18.5 Å². The van der Waals surface area contributed by atoms with Gasteiger partial charge in [0.05, 0.1) is 23.6 Å². The van der Waals surface area contributed by atoms with Gasteiger partial charge in [-0.3, -0.25) is 4.79 Å². The number of piperidine rings is 2. The van der Waals surface area contributed by atoms with Gasteiger partial charge in [-0.25, -0.2) is 0 Å². The minimum atomic E-state index is -0.181. The molecular weight excluding hydrogens is 386 g/mol. The number of hydrogen-bond acceptors (Lipinski definition) is 3. The Labute approximate surface area is 176 Å². The highest BCUT2D eigenvalue weighted by Crippen LogP contribution is 2.56. The molecule has 1 aromatic heterocycles. The van der Waals surface area contributed by atoms with Gasteiger partial charge in [-0.2, -0.15) is 5.26 Å². The number of H-pyrrole nitrogens is 1. The summed E-state index contributed by atoms with van der Waals surface area (Å²) < 4.78 is 5.37. The number of ether oxygens (including phenoxy) is 1. The lowest BCUT2D eigenvalue weighted by Gasteiger charge is -2.59. The average Bonchev–Trinajstić information content (AvgIpc) is 3.12. The van der Waals surface area contributed by atoms with Crippen molar-refractivity contribution in [2.45, 2.75) is 63.5 Å². The third-order valence-electron chi connectivity index (χ3n) is 7.46. The Morgan fingerprint density at radius 1 is 1.38 bits per heavy atom. The predicted octanol–water partition coefficient (Wildman–Crippen LogP) is 5.01. The number of hydrogen-bond donors (Lipinski definition) is 1. The quantitative estimate of drug-likeness (QED) is 0.769. The molecule has 1 amide bonds. The molecule has 1 aromatic carbocycles. The van der Waals surface area contributed by atoms with Crippen LogP contribution in [0.2, 0.25) is 5.02 Å². The van der Waals surface area contributed by atoms with Crippen LogP contribution in [-0.4, -0.2) is 35.0 Å². The summed E-state index contributed by atoms with van der Waals surface area (Å²) in [6, 6.07) is 6.90. The lowest BCUT2D eigenvalue weighted by Crippen LogP contribution is -2.63. The summed E-state index contributed by atoms with van der Waals surface area (Å²) in [7, 11) is 1.61. The summed E-state index contributed by atoms with van der Waals surface area (Å²) >= 11 is 6.58. The van der Waals surface area contributed by atoms with Crippen molar-refractivity contribution < 1.29 is 9.53 Å². The number of carbonyl (C=O) groups is 1. The molecule has 29 heavy (non-hydrogen) atoms. The molecule has 6 rings (SSSR count). The molecule has 4 aliphatic rings. The number of carbonyl (C=O) groups excluding carboxylic acids is 1. The van der Waals surface area contributed by atoms with Crippen LogP contribution in [0.3, 0.4) is 0 Å². The lowest BCUT2D eigenvalue weighted by atomic mass is 9.56. The Balaban J connectivity index is 1.38. The van der Waals surface area contributed by atoms with Crippen molar-refractivity contribution >= 4 is 28.4 Å². The van der Waals surface area contributed by atoms with Gasteiger partial charge < -0.3 is 14.6 Å². The van der Waals surface area contributed by atoms with Crippen LogP contribution in [0, 0.1) is 22.7 Å². The van der Waals surface area contributed by atoms with Crippen LogP contribution >= 0.6 is 11.6 Å². The molecule has 2 aromatic rings. The Morgan fingerprint density at radius 2 is 2.10 bits per heavy atom. The molecule has 1 N–H and O–H groups in total. The van der Waals surface area contributed by atoms with Gasteiger partial charge in [0.2, 0.25) is 5.91 Å². The van der Waals surface area contributed by atoms with Gasteiger partial charge >= 0.3 is 0 Å². The number of fused-ring (bicyclic) bond motifs is 1. The van der Waals surface area contributed by atoms with E-state index in [0.29, 0.717) is 23.1 Å². The van der Waals surface area contributed by atoms with E-state index in [1.165, 1.54) is 0 Å². The van der Waals surface area contributed by atoms with Crippen molar-refractivity contribution in [3.05, 3.63) is 28.9 Å². The molecule has 2 aliphatic heterocycles. The molecule has 0 radical (unpaired) electrons. The second kappa shape index (κ2) is 6.67. The third kappa shape index (κ3) is 2.84. The summed E-state index contributed by atoms with van der Waals surface area (Å²) in [5.41, 5.74) is 1.83. The smallest absolute Gasteiger partial charge is 0.223 e. The molecule has 6 heteroatoms. The number of aromatic nitrogens is 1. The molecule has 3 heterocycles. The molecule has 5 nitrogen and oxygen atoms in total. The number of methoxy groups -OCH3 is 1. The van der Waals surface area contributed by atoms with Crippen LogP contribution in [0.4, 0.5) is 0 Å². The first-order chi connectivity index (χ1) is 13.9. The Hall–Kier alpha value is -2.19. The molecule has 4 fully saturated rings.